The molecule has 2 N–H and O–H groups in total. The summed E-state index contributed by atoms with van der Waals surface area (Å²) >= 11 is 0. The average Bonchev–Trinajstić information content (AvgIpc) is 2.53. The number of nitrogen functional groups attached to an aromatic ring is 1. The van der Waals surface area contributed by atoms with Crippen LogP contribution in [0.5, 0.6) is 5.75 Å². The number of methoxy groups -OCH3 is 1. The van der Waals surface area contributed by atoms with Gasteiger partial charge >= 0.3 is 0 Å². The molecule has 1 heterocycles. The fraction of sp³-hybridized carbons (Fsp3) is 0.188. The predicted octanol–water partition coefficient (Wildman–Crippen LogP) is 2.15. The molecule has 1 aromatic carbocycles. The van der Waals surface area contributed by atoms with Crippen molar-refractivity contribution in [1.29, 1.82) is 10.5 Å². The lowest BCUT2D eigenvalue weighted by Gasteiger charge is -2.18. The van der Waals surface area contributed by atoms with Gasteiger partial charge in [-0.2, -0.15) is 10.5 Å². The normalized spacial score (nSPS) is 9.68. The van der Waals surface area contributed by atoms with Crippen molar-refractivity contribution in [3.8, 4) is 29.0 Å². The largest absolute Gasteiger partial charge is 0.497 e. The van der Waals surface area contributed by atoms with E-state index in [1.165, 1.54) is 0 Å². The number of anilines is 2. The Bertz CT molecular complexity index is 782. The number of pyridine rings is 1. The van der Waals surface area contributed by atoms with Crippen LogP contribution >= 0.6 is 0 Å². The van der Waals surface area contributed by atoms with Crippen molar-refractivity contribution in [2.75, 3.05) is 31.8 Å². The highest BCUT2D eigenvalue weighted by atomic mass is 16.5. The van der Waals surface area contributed by atoms with Crippen molar-refractivity contribution in [3.05, 3.63) is 35.4 Å². The number of hydrogen-bond donors (Lipinski definition) is 1. The van der Waals surface area contributed by atoms with E-state index in [4.69, 9.17) is 10.5 Å². The SMILES string of the molecule is COc1ccc(-c2c(C#N)c(N)nc(N(C)C)c2C#N)cc1. The summed E-state index contributed by atoms with van der Waals surface area (Å²) in [6.07, 6.45) is 0. The van der Waals surface area contributed by atoms with Gasteiger partial charge in [-0.25, -0.2) is 4.98 Å². The van der Waals surface area contributed by atoms with Gasteiger partial charge in [-0.15, -0.1) is 0 Å². The van der Waals surface area contributed by atoms with Crippen molar-refractivity contribution < 1.29 is 4.74 Å². The Morgan fingerprint density at radius 1 is 1.09 bits per heavy atom. The van der Waals surface area contributed by atoms with Crippen LogP contribution in [0, 0.1) is 22.7 Å². The van der Waals surface area contributed by atoms with Crippen molar-refractivity contribution in [2.45, 2.75) is 0 Å². The van der Waals surface area contributed by atoms with Crippen molar-refractivity contribution >= 4 is 11.6 Å². The summed E-state index contributed by atoms with van der Waals surface area (Å²) in [5.41, 5.74) is 7.62. The van der Waals surface area contributed by atoms with Gasteiger partial charge in [0.25, 0.3) is 0 Å². The Labute approximate surface area is 129 Å². The zero-order valence-electron chi connectivity index (χ0n) is 12.6. The number of nitriles is 2. The van der Waals surface area contributed by atoms with Gasteiger partial charge in [0.2, 0.25) is 0 Å². The Hall–Kier alpha value is -3.25. The zero-order chi connectivity index (χ0) is 16.3. The molecule has 0 amide bonds. The Morgan fingerprint density at radius 2 is 1.68 bits per heavy atom. The molecular formula is C16H15N5O. The van der Waals surface area contributed by atoms with Crippen molar-refractivity contribution in [2.24, 2.45) is 0 Å². The van der Waals surface area contributed by atoms with Gasteiger partial charge in [-0.1, -0.05) is 12.1 Å². The minimum atomic E-state index is 0.107. The number of ether oxygens (including phenoxy) is 1. The highest BCUT2D eigenvalue weighted by Gasteiger charge is 2.21. The van der Waals surface area contributed by atoms with Crippen molar-refractivity contribution in [3.63, 3.8) is 0 Å². The van der Waals surface area contributed by atoms with Crippen LogP contribution in [0.2, 0.25) is 0 Å². The minimum absolute atomic E-state index is 0.107. The smallest absolute Gasteiger partial charge is 0.149 e. The monoisotopic (exact) mass is 293 g/mol. The van der Waals surface area contributed by atoms with Crippen LogP contribution in [0.15, 0.2) is 24.3 Å². The molecule has 0 saturated heterocycles. The highest BCUT2D eigenvalue weighted by molar-refractivity contribution is 5.85. The third kappa shape index (κ3) is 2.50. The summed E-state index contributed by atoms with van der Waals surface area (Å²) in [5, 5.41) is 18.9. The first-order valence-electron chi connectivity index (χ1n) is 6.48. The molecule has 2 rings (SSSR count). The van der Waals surface area contributed by atoms with E-state index in [1.54, 1.807) is 50.4 Å². The molecule has 0 fully saturated rings. The third-order valence-corrected chi connectivity index (χ3v) is 3.23. The molecule has 0 spiro atoms. The third-order valence-electron chi connectivity index (χ3n) is 3.23. The lowest BCUT2D eigenvalue weighted by molar-refractivity contribution is 0.415. The lowest BCUT2D eigenvalue weighted by Crippen LogP contribution is -2.15. The molecular weight excluding hydrogens is 278 g/mol. The number of nitrogens with zero attached hydrogens (tertiary/aromatic N) is 4. The fourth-order valence-corrected chi connectivity index (χ4v) is 2.18. The summed E-state index contributed by atoms with van der Waals surface area (Å²) in [4.78, 5) is 5.87. The Kier molecular flexibility index (Phi) is 4.15. The quantitative estimate of drug-likeness (QED) is 0.930. The summed E-state index contributed by atoms with van der Waals surface area (Å²) in [6.45, 7) is 0. The molecule has 22 heavy (non-hydrogen) atoms. The molecule has 110 valence electrons. The van der Waals surface area contributed by atoms with Gasteiger partial charge in [0.1, 0.15) is 40.7 Å². The van der Waals surface area contributed by atoms with Gasteiger partial charge in [-0.05, 0) is 17.7 Å². The number of rotatable bonds is 3. The molecule has 0 saturated carbocycles. The number of aromatic nitrogens is 1. The van der Waals surface area contributed by atoms with Crippen LogP contribution < -0.4 is 15.4 Å². The van der Waals surface area contributed by atoms with Gasteiger partial charge in [0.05, 0.1) is 7.11 Å². The predicted molar refractivity (Wildman–Crippen MR) is 84.4 cm³/mol. The number of benzene rings is 1. The maximum atomic E-state index is 9.53. The molecule has 2 aromatic rings. The summed E-state index contributed by atoms with van der Waals surface area (Å²) in [7, 11) is 5.12. The van der Waals surface area contributed by atoms with Gasteiger partial charge in [0, 0.05) is 19.7 Å². The second kappa shape index (κ2) is 6.02. The Balaban J connectivity index is 2.82. The maximum absolute atomic E-state index is 9.53. The average molecular weight is 293 g/mol. The topological polar surface area (TPSA) is 99.0 Å². The molecule has 0 radical (unpaired) electrons. The van der Waals surface area contributed by atoms with E-state index in [0.717, 1.165) is 0 Å². The first-order chi connectivity index (χ1) is 10.5. The van der Waals surface area contributed by atoms with Crippen LogP contribution in [0.25, 0.3) is 11.1 Å². The molecule has 6 heteroatoms. The molecule has 0 atom stereocenters. The van der Waals surface area contributed by atoms with Gasteiger partial charge in [0.15, 0.2) is 0 Å². The van der Waals surface area contributed by atoms with E-state index in [0.29, 0.717) is 28.3 Å². The molecule has 0 bridgehead atoms. The van der Waals surface area contributed by atoms with Gasteiger partial charge in [-0.3, -0.25) is 0 Å². The molecule has 0 unspecified atom stereocenters. The van der Waals surface area contributed by atoms with Crippen LogP contribution in [0.1, 0.15) is 11.1 Å². The number of hydrogen-bond acceptors (Lipinski definition) is 6. The summed E-state index contributed by atoms with van der Waals surface area (Å²) in [6, 6.07) is 11.3. The Morgan fingerprint density at radius 3 is 2.14 bits per heavy atom. The van der Waals surface area contributed by atoms with Crippen LogP contribution in [-0.2, 0) is 0 Å². The van der Waals surface area contributed by atoms with E-state index in [9.17, 15) is 10.5 Å². The van der Waals surface area contributed by atoms with E-state index in [2.05, 4.69) is 11.1 Å². The maximum Gasteiger partial charge on any atom is 0.149 e. The highest BCUT2D eigenvalue weighted by Crippen LogP contribution is 2.35. The van der Waals surface area contributed by atoms with Crippen LogP contribution in [-0.4, -0.2) is 26.2 Å². The summed E-state index contributed by atoms with van der Waals surface area (Å²) < 4.78 is 5.13. The fourth-order valence-electron chi connectivity index (χ4n) is 2.18. The van der Waals surface area contributed by atoms with Crippen LogP contribution in [0.4, 0.5) is 11.6 Å². The lowest BCUT2D eigenvalue weighted by atomic mass is 9.96. The second-order valence-electron chi connectivity index (χ2n) is 4.79. The zero-order valence-corrected chi connectivity index (χ0v) is 12.6. The van der Waals surface area contributed by atoms with E-state index >= 15 is 0 Å². The van der Waals surface area contributed by atoms with Crippen LogP contribution in [0.3, 0.4) is 0 Å². The van der Waals surface area contributed by atoms with E-state index in [-0.39, 0.29) is 11.4 Å². The van der Waals surface area contributed by atoms with Crippen molar-refractivity contribution in [1.82, 2.24) is 4.98 Å². The minimum Gasteiger partial charge on any atom is -0.497 e. The van der Waals surface area contributed by atoms with E-state index < -0.39 is 0 Å². The molecule has 6 nitrogen and oxygen atoms in total. The molecule has 0 aliphatic heterocycles. The first-order valence-corrected chi connectivity index (χ1v) is 6.48. The van der Waals surface area contributed by atoms with E-state index in [1.807, 2.05) is 6.07 Å². The summed E-state index contributed by atoms with van der Waals surface area (Å²) in [5.74, 6) is 1.23. The molecule has 0 aliphatic carbocycles. The van der Waals surface area contributed by atoms with Gasteiger partial charge < -0.3 is 15.4 Å². The molecule has 1 aromatic heterocycles. The number of nitrogens with two attached hydrogens (primary N) is 1. The second-order valence-corrected chi connectivity index (χ2v) is 4.79. The standard InChI is InChI=1S/C16H15N5O/c1-21(2)16-13(9-18)14(12(8-17)15(19)20-16)10-4-6-11(22-3)7-5-10/h4-7H,1-3H3,(H2,19,20). The molecule has 0 aliphatic rings. The first kappa shape index (κ1) is 15.1.